The smallest absolute Gasteiger partial charge is 0.427 e. The number of nitrogens with one attached hydrogen (secondary N) is 1. The summed E-state index contributed by atoms with van der Waals surface area (Å²) >= 11 is 0. The molecule has 66 heavy (non-hydrogen) atoms. The Kier molecular flexibility index (Phi) is 24.6. The molecule has 366 valence electrons. The van der Waals surface area contributed by atoms with Gasteiger partial charge in [-0.05, 0) is 61.2 Å². The number of phosphoric acid groups is 2. The van der Waals surface area contributed by atoms with Gasteiger partial charge in [0.2, 0.25) is 0 Å². The van der Waals surface area contributed by atoms with Crippen molar-refractivity contribution in [2.75, 3.05) is 6.61 Å². The number of aromatic nitrogens is 2. The number of carbonyl (C=O) groups is 2. The van der Waals surface area contributed by atoms with Crippen LogP contribution in [0.15, 0.2) is 76.5 Å². The summed E-state index contributed by atoms with van der Waals surface area (Å²) in [6.07, 6.45) is 23.4. The van der Waals surface area contributed by atoms with E-state index in [2.05, 4.69) is 18.8 Å². The largest absolute Gasteiger partial charge is 0.484 e. The molecule has 0 bridgehead atoms. The molecule has 0 saturated carbocycles. The van der Waals surface area contributed by atoms with Gasteiger partial charge in [0.05, 0.1) is 19.8 Å². The summed E-state index contributed by atoms with van der Waals surface area (Å²) in [5, 5.41) is 0. The zero-order valence-corrected chi connectivity index (χ0v) is 40.7. The maximum atomic E-state index is 14.1. The molecule has 2 N–H and O–H groups in total. The summed E-state index contributed by atoms with van der Waals surface area (Å²) < 4.78 is 66.5. The minimum absolute atomic E-state index is 0.272. The minimum Gasteiger partial charge on any atom is -0.427 e. The lowest BCUT2D eigenvalue weighted by molar-refractivity contribution is -0.135. The summed E-state index contributed by atoms with van der Waals surface area (Å²) in [4.78, 5) is 62.0. The van der Waals surface area contributed by atoms with Crippen LogP contribution >= 0.6 is 15.6 Å². The van der Waals surface area contributed by atoms with E-state index < -0.39 is 59.0 Å². The Morgan fingerprint density at radius 2 is 1.09 bits per heavy atom. The highest BCUT2D eigenvalue weighted by atomic mass is 31.3. The predicted molar refractivity (Wildman–Crippen MR) is 251 cm³/mol. The first kappa shape index (κ1) is 54.6. The highest BCUT2D eigenvalue weighted by Crippen LogP contribution is 2.64. The van der Waals surface area contributed by atoms with Crippen LogP contribution < -0.4 is 20.7 Å². The van der Waals surface area contributed by atoms with Crippen molar-refractivity contribution in [1.29, 1.82) is 0 Å². The molecule has 3 atom stereocenters. The summed E-state index contributed by atoms with van der Waals surface area (Å²) in [6.45, 7) is 4.56. The van der Waals surface area contributed by atoms with Crippen LogP contribution in [0.2, 0.25) is 0 Å². The number of hydrogen-bond acceptors (Lipinski definition) is 13. The Labute approximate surface area is 389 Å². The van der Waals surface area contributed by atoms with Crippen molar-refractivity contribution in [3.63, 3.8) is 0 Å². The molecule has 0 fully saturated rings. The SMILES string of the molecule is CCCCCCCCCCCC(=O)Oc1ccc(COP(=O)(OCc2ccc(OC(=O)CCCCCCCCCCC)cc2)OP(=O)(O)OC[C@@H]2C=C[C@H](n3cc(C)c(=O)[nH]c3=O)O2)cc1. The van der Waals surface area contributed by atoms with E-state index in [0.29, 0.717) is 35.5 Å². The highest BCUT2D eigenvalue weighted by Gasteiger charge is 2.39. The van der Waals surface area contributed by atoms with Gasteiger partial charge in [-0.15, -0.1) is 0 Å². The lowest BCUT2D eigenvalue weighted by Crippen LogP contribution is -2.33. The van der Waals surface area contributed by atoms with Crippen LogP contribution in [0.4, 0.5) is 0 Å². The molecular formula is C48H70N2O14P2. The van der Waals surface area contributed by atoms with E-state index in [1.807, 2.05) is 0 Å². The first-order chi connectivity index (χ1) is 31.8. The number of phosphoric ester groups is 2. The Bertz CT molecular complexity index is 2070. The van der Waals surface area contributed by atoms with E-state index in [-0.39, 0.29) is 17.5 Å². The van der Waals surface area contributed by atoms with E-state index in [4.69, 9.17) is 32.1 Å². The Balaban J connectivity index is 1.30. The molecule has 4 rings (SSSR count). The van der Waals surface area contributed by atoms with Crippen LogP contribution in [0.1, 0.15) is 165 Å². The van der Waals surface area contributed by atoms with Gasteiger partial charge in [-0.25, -0.2) is 13.9 Å². The molecule has 16 nitrogen and oxygen atoms in total. The van der Waals surface area contributed by atoms with E-state index in [1.165, 1.54) is 89.5 Å². The van der Waals surface area contributed by atoms with Crippen molar-refractivity contribution in [2.24, 2.45) is 0 Å². The standard InChI is InChI=1S/C48H70N2O14P2/c1-4-6-8-10-12-14-16-18-20-22-45(51)62-41-28-24-39(25-29-41)35-59-66(57,64-65(55,56)58-37-43-32-33-44(61-43)50-34-38(3)47(53)49-48(50)54)60-36-40-26-30-42(31-27-40)63-46(52)23-21-19-17-15-13-11-9-7-5-2/h24-34,43-44H,4-23,35-37H2,1-3H3,(H,55,56)(H,49,53,54)/t43-,44+/m0/s1. The topological polar surface area (TPSA) is 208 Å². The highest BCUT2D eigenvalue weighted by molar-refractivity contribution is 7.61. The fourth-order valence-corrected chi connectivity index (χ4v) is 9.66. The molecule has 1 unspecified atom stereocenters. The van der Waals surface area contributed by atoms with Crippen molar-refractivity contribution >= 4 is 27.6 Å². The van der Waals surface area contributed by atoms with Gasteiger partial charge in [0.15, 0.2) is 6.23 Å². The van der Waals surface area contributed by atoms with Gasteiger partial charge < -0.3 is 19.1 Å². The Hall–Kier alpha value is -3.98. The zero-order valence-electron chi connectivity index (χ0n) is 38.9. The zero-order chi connectivity index (χ0) is 47.6. The molecular weight excluding hydrogens is 890 g/mol. The van der Waals surface area contributed by atoms with Crippen molar-refractivity contribution in [1.82, 2.24) is 9.55 Å². The minimum atomic E-state index is -5.17. The third kappa shape index (κ3) is 21.3. The number of ether oxygens (including phenoxy) is 3. The van der Waals surface area contributed by atoms with Gasteiger partial charge in [-0.1, -0.05) is 147 Å². The quantitative estimate of drug-likeness (QED) is 0.0188. The first-order valence-corrected chi connectivity index (χ1v) is 26.6. The Morgan fingerprint density at radius 3 is 1.55 bits per heavy atom. The molecule has 2 heterocycles. The van der Waals surface area contributed by atoms with Gasteiger partial charge in [0, 0.05) is 24.6 Å². The van der Waals surface area contributed by atoms with Crippen molar-refractivity contribution in [3.05, 3.63) is 104 Å². The predicted octanol–water partition coefficient (Wildman–Crippen LogP) is 11.6. The lowest BCUT2D eigenvalue weighted by Gasteiger charge is -2.22. The van der Waals surface area contributed by atoms with Crippen LogP contribution in [0, 0.1) is 6.92 Å². The van der Waals surface area contributed by atoms with E-state index in [0.717, 1.165) is 55.9 Å². The molecule has 0 aliphatic carbocycles. The molecule has 0 amide bonds. The molecule has 0 radical (unpaired) electrons. The summed E-state index contributed by atoms with van der Waals surface area (Å²) in [7, 11) is -10.1. The second-order valence-electron chi connectivity index (χ2n) is 16.7. The number of rotatable bonds is 34. The van der Waals surface area contributed by atoms with Gasteiger partial charge in [0.1, 0.15) is 17.6 Å². The van der Waals surface area contributed by atoms with Crippen LogP contribution in [0.3, 0.4) is 0 Å². The van der Waals surface area contributed by atoms with Crippen LogP contribution in [0.25, 0.3) is 0 Å². The molecule has 1 aliphatic heterocycles. The third-order valence-electron chi connectivity index (χ3n) is 10.9. The molecule has 1 aromatic heterocycles. The average molecular weight is 961 g/mol. The number of hydrogen-bond donors (Lipinski definition) is 2. The van der Waals surface area contributed by atoms with E-state index in [1.54, 1.807) is 48.5 Å². The number of benzene rings is 2. The summed E-state index contributed by atoms with van der Waals surface area (Å²) in [5.41, 5.74) is -0.0835. The molecule has 0 spiro atoms. The fourth-order valence-electron chi connectivity index (χ4n) is 7.06. The third-order valence-corrected chi connectivity index (χ3v) is 13.9. The molecule has 3 aromatic rings. The lowest BCUT2D eigenvalue weighted by atomic mass is 10.1. The van der Waals surface area contributed by atoms with Crippen molar-refractivity contribution in [2.45, 2.75) is 175 Å². The number of H-pyrrole nitrogens is 1. The molecule has 2 aromatic carbocycles. The van der Waals surface area contributed by atoms with Crippen molar-refractivity contribution in [3.8, 4) is 11.5 Å². The number of nitrogens with zero attached hydrogens (tertiary/aromatic N) is 1. The number of aromatic amines is 1. The van der Waals surface area contributed by atoms with Gasteiger partial charge in [0.25, 0.3) is 5.56 Å². The maximum absolute atomic E-state index is 14.1. The van der Waals surface area contributed by atoms with Gasteiger partial charge in [-0.3, -0.25) is 37.5 Å². The van der Waals surface area contributed by atoms with Crippen LogP contribution in [0.5, 0.6) is 11.5 Å². The number of carbonyl (C=O) groups excluding carboxylic acids is 2. The number of aryl methyl sites for hydroxylation is 1. The second-order valence-corrected chi connectivity index (χ2v) is 19.9. The normalized spacial score (nSPS) is 15.8. The van der Waals surface area contributed by atoms with Gasteiger partial charge >= 0.3 is 33.3 Å². The van der Waals surface area contributed by atoms with Crippen LogP contribution in [-0.2, 0) is 54.6 Å². The van der Waals surface area contributed by atoms with E-state index >= 15 is 0 Å². The first-order valence-electron chi connectivity index (χ1n) is 23.6. The summed E-state index contributed by atoms with van der Waals surface area (Å²) in [6, 6.07) is 12.5. The maximum Gasteiger partial charge on any atom is 0.484 e. The number of unbranched alkanes of at least 4 members (excludes halogenated alkanes) is 16. The average Bonchev–Trinajstić information content (AvgIpc) is 3.77. The van der Waals surface area contributed by atoms with E-state index in [9.17, 15) is 33.2 Å². The van der Waals surface area contributed by atoms with Crippen LogP contribution in [-0.4, -0.2) is 39.1 Å². The molecule has 0 saturated heterocycles. The number of esters is 2. The monoisotopic (exact) mass is 960 g/mol. The second kappa shape index (κ2) is 29.7. The summed E-state index contributed by atoms with van der Waals surface area (Å²) in [5.74, 6) is -0.0669. The van der Waals surface area contributed by atoms with Gasteiger partial charge in [-0.2, -0.15) is 4.31 Å². The molecule has 1 aliphatic rings. The molecule has 18 heteroatoms. The van der Waals surface area contributed by atoms with Crippen molar-refractivity contribution < 1.29 is 55.7 Å². The fraction of sp³-hybridized carbons (Fsp3) is 0.583. The Morgan fingerprint density at radius 1 is 0.652 bits per heavy atom.